The zero-order chi connectivity index (χ0) is 24.6. The Balaban J connectivity index is 1.27. The molecule has 1 fully saturated rings. The molecule has 3 aromatic rings. The summed E-state index contributed by atoms with van der Waals surface area (Å²) in [7, 11) is 0. The molecule has 1 aliphatic rings. The number of aromatic nitrogens is 2. The van der Waals surface area contributed by atoms with Gasteiger partial charge in [0.15, 0.2) is 6.10 Å². The van der Waals surface area contributed by atoms with Gasteiger partial charge in [0.25, 0.3) is 5.91 Å². The lowest BCUT2D eigenvalue weighted by Gasteiger charge is -2.29. The molecule has 1 atom stereocenters. The first kappa shape index (κ1) is 25.0. The number of hydrogen-bond acceptors (Lipinski definition) is 5. The molecule has 35 heavy (non-hydrogen) atoms. The summed E-state index contributed by atoms with van der Waals surface area (Å²) in [5.41, 5.74) is 3.26. The van der Waals surface area contributed by atoms with E-state index in [1.807, 2.05) is 49.4 Å². The summed E-state index contributed by atoms with van der Waals surface area (Å²) in [6, 6.07) is 13.3. The van der Waals surface area contributed by atoms with Crippen molar-refractivity contribution in [2.75, 3.05) is 13.2 Å². The van der Waals surface area contributed by atoms with E-state index in [0.29, 0.717) is 35.8 Å². The van der Waals surface area contributed by atoms with Crippen LogP contribution >= 0.6 is 11.6 Å². The van der Waals surface area contributed by atoms with Crippen molar-refractivity contribution in [2.24, 2.45) is 5.92 Å². The minimum Gasteiger partial charge on any atom is -0.494 e. The summed E-state index contributed by atoms with van der Waals surface area (Å²) in [6.07, 6.45) is 8.90. The summed E-state index contributed by atoms with van der Waals surface area (Å²) >= 11 is 6.26. The highest BCUT2D eigenvalue weighted by Gasteiger charge is 2.26. The third-order valence-corrected chi connectivity index (χ3v) is 6.70. The fourth-order valence-corrected chi connectivity index (χ4v) is 4.76. The van der Waals surface area contributed by atoms with Crippen LogP contribution in [-0.4, -0.2) is 35.1 Å². The third-order valence-electron chi connectivity index (χ3n) is 6.49. The zero-order valence-electron chi connectivity index (χ0n) is 20.2. The minimum absolute atomic E-state index is 0.0969. The lowest BCUT2D eigenvalue weighted by Crippen LogP contribution is -2.39. The van der Waals surface area contributed by atoms with Crippen molar-refractivity contribution in [3.8, 4) is 22.6 Å². The summed E-state index contributed by atoms with van der Waals surface area (Å²) in [4.78, 5) is 21.4. The topological polar surface area (TPSA) is 73.3 Å². The van der Waals surface area contributed by atoms with E-state index in [2.05, 4.69) is 10.3 Å². The quantitative estimate of drug-likeness (QED) is 0.392. The van der Waals surface area contributed by atoms with Gasteiger partial charge >= 0.3 is 0 Å². The number of rotatable bonds is 9. The Morgan fingerprint density at radius 3 is 2.46 bits per heavy atom. The number of amides is 1. The van der Waals surface area contributed by atoms with E-state index in [9.17, 15) is 4.79 Å². The highest BCUT2D eigenvalue weighted by atomic mass is 35.5. The molecule has 0 spiro atoms. The van der Waals surface area contributed by atoms with Gasteiger partial charge in [0.05, 0.1) is 17.3 Å². The first-order valence-corrected chi connectivity index (χ1v) is 12.6. The van der Waals surface area contributed by atoms with Crippen molar-refractivity contribution in [3.05, 3.63) is 71.8 Å². The van der Waals surface area contributed by atoms with Crippen molar-refractivity contribution < 1.29 is 14.3 Å². The van der Waals surface area contributed by atoms with Gasteiger partial charge in [-0.2, -0.15) is 0 Å². The number of nitrogens with one attached hydrogen (secondary N) is 1. The van der Waals surface area contributed by atoms with Gasteiger partial charge in [0.1, 0.15) is 11.5 Å². The molecule has 2 aromatic heterocycles. The van der Waals surface area contributed by atoms with Gasteiger partial charge < -0.3 is 14.8 Å². The second-order valence-electron chi connectivity index (χ2n) is 8.95. The highest BCUT2D eigenvalue weighted by molar-refractivity contribution is 6.30. The number of hydrogen-bond donors (Lipinski definition) is 1. The molecule has 0 aliphatic heterocycles. The molecule has 0 radical (unpaired) electrons. The first-order chi connectivity index (χ1) is 17.0. The summed E-state index contributed by atoms with van der Waals surface area (Å²) in [6.45, 7) is 4.99. The van der Waals surface area contributed by atoms with Crippen LogP contribution in [0.4, 0.5) is 0 Å². The number of nitrogens with zero attached hydrogens (tertiary/aromatic N) is 2. The summed E-state index contributed by atoms with van der Waals surface area (Å²) < 4.78 is 11.2. The predicted octanol–water partition coefficient (Wildman–Crippen LogP) is 6.05. The SMILES string of the molecule is CCOc1ccc(OC(C)C(=O)NCC2CCC(c3ncc(Cl)cc3-c3ccncc3)CC2)cc1. The Labute approximate surface area is 212 Å². The molecule has 2 heterocycles. The largest absolute Gasteiger partial charge is 0.494 e. The molecular formula is C28H32ClN3O3. The van der Waals surface area contributed by atoms with Crippen LogP contribution in [0, 0.1) is 5.92 Å². The van der Waals surface area contributed by atoms with Crippen LogP contribution in [0.2, 0.25) is 5.02 Å². The predicted molar refractivity (Wildman–Crippen MR) is 138 cm³/mol. The second-order valence-corrected chi connectivity index (χ2v) is 9.39. The average molecular weight is 494 g/mol. The smallest absolute Gasteiger partial charge is 0.260 e. The van der Waals surface area contributed by atoms with Gasteiger partial charge in [-0.15, -0.1) is 0 Å². The summed E-state index contributed by atoms with van der Waals surface area (Å²) in [5, 5.41) is 3.71. The zero-order valence-corrected chi connectivity index (χ0v) is 21.0. The monoisotopic (exact) mass is 493 g/mol. The van der Waals surface area contributed by atoms with Crippen molar-refractivity contribution >= 4 is 17.5 Å². The Morgan fingerprint density at radius 2 is 1.77 bits per heavy atom. The Bertz CT molecular complexity index is 1100. The standard InChI is InChI=1S/C28H32ClN3O3/c1-3-34-24-8-10-25(11-9-24)35-19(2)28(33)32-17-20-4-6-22(7-5-20)27-26(16-23(29)18-31-27)21-12-14-30-15-13-21/h8-16,18-20,22H,3-7,17H2,1-2H3,(H,32,33). The normalized spacial score (nSPS) is 18.5. The molecule has 1 aromatic carbocycles. The highest BCUT2D eigenvalue weighted by Crippen LogP contribution is 2.39. The fraction of sp³-hybridized carbons (Fsp3) is 0.393. The molecule has 1 amide bonds. The molecule has 6 nitrogen and oxygen atoms in total. The Kier molecular flexibility index (Phi) is 8.59. The van der Waals surface area contributed by atoms with Gasteiger partial charge in [0, 0.05) is 36.6 Å². The van der Waals surface area contributed by atoms with Crippen LogP contribution in [0.25, 0.3) is 11.1 Å². The number of ether oxygens (including phenoxy) is 2. The molecule has 4 rings (SSSR count). The van der Waals surface area contributed by atoms with E-state index < -0.39 is 6.10 Å². The third kappa shape index (κ3) is 6.73. The maximum Gasteiger partial charge on any atom is 0.260 e. The van der Waals surface area contributed by atoms with Crippen LogP contribution in [0.1, 0.15) is 51.1 Å². The van der Waals surface area contributed by atoms with Gasteiger partial charge in [-0.1, -0.05) is 11.6 Å². The van der Waals surface area contributed by atoms with Crippen molar-refractivity contribution in [1.29, 1.82) is 0 Å². The first-order valence-electron chi connectivity index (χ1n) is 12.3. The van der Waals surface area contributed by atoms with E-state index in [0.717, 1.165) is 48.3 Å². The molecular weight excluding hydrogens is 462 g/mol. The van der Waals surface area contributed by atoms with E-state index in [-0.39, 0.29) is 5.91 Å². The minimum atomic E-state index is -0.564. The van der Waals surface area contributed by atoms with E-state index >= 15 is 0 Å². The van der Waals surface area contributed by atoms with E-state index in [1.54, 1.807) is 25.5 Å². The number of pyridine rings is 2. The summed E-state index contributed by atoms with van der Waals surface area (Å²) in [5.74, 6) is 2.17. The number of carbonyl (C=O) groups excluding carboxylic acids is 1. The van der Waals surface area contributed by atoms with Crippen molar-refractivity contribution in [1.82, 2.24) is 15.3 Å². The second kappa shape index (κ2) is 12.0. The van der Waals surface area contributed by atoms with Crippen LogP contribution < -0.4 is 14.8 Å². The molecule has 1 unspecified atom stereocenters. The van der Waals surface area contributed by atoms with Crippen LogP contribution in [0.3, 0.4) is 0 Å². The lowest BCUT2D eigenvalue weighted by molar-refractivity contribution is -0.127. The molecule has 0 saturated heterocycles. The molecule has 7 heteroatoms. The van der Waals surface area contributed by atoms with Crippen LogP contribution in [0.5, 0.6) is 11.5 Å². The van der Waals surface area contributed by atoms with Crippen LogP contribution in [0.15, 0.2) is 61.1 Å². The van der Waals surface area contributed by atoms with Crippen molar-refractivity contribution in [3.63, 3.8) is 0 Å². The molecule has 1 N–H and O–H groups in total. The number of carbonyl (C=O) groups is 1. The fourth-order valence-electron chi connectivity index (χ4n) is 4.61. The lowest BCUT2D eigenvalue weighted by atomic mass is 9.78. The maximum absolute atomic E-state index is 12.6. The van der Waals surface area contributed by atoms with Crippen molar-refractivity contribution in [2.45, 2.75) is 51.6 Å². The molecule has 1 saturated carbocycles. The molecule has 0 bridgehead atoms. The van der Waals surface area contributed by atoms with E-state index in [1.165, 1.54) is 0 Å². The number of halogens is 1. The molecule has 184 valence electrons. The molecule has 1 aliphatic carbocycles. The van der Waals surface area contributed by atoms with Crippen LogP contribution in [-0.2, 0) is 4.79 Å². The average Bonchev–Trinajstić information content (AvgIpc) is 2.89. The van der Waals surface area contributed by atoms with Gasteiger partial charge in [-0.3, -0.25) is 14.8 Å². The maximum atomic E-state index is 12.6. The van der Waals surface area contributed by atoms with Gasteiger partial charge in [0.2, 0.25) is 0 Å². The van der Waals surface area contributed by atoms with Gasteiger partial charge in [-0.05, 0) is 93.5 Å². The number of benzene rings is 1. The van der Waals surface area contributed by atoms with Gasteiger partial charge in [-0.25, -0.2) is 0 Å². The Morgan fingerprint density at radius 1 is 1.09 bits per heavy atom. The van der Waals surface area contributed by atoms with E-state index in [4.69, 9.17) is 26.1 Å². The Hall–Kier alpha value is -3.12.